The summed E-state index contributed by atoms with van der Waals surface area (Å²) in [5.41, 5.74) is 3.88. The molecule has 2 nitrogen and oxygen atoms in total. The number of rotatable bonds is 2. The molecule has 0 saturated heterocycles. The zero-order chi connectivity index (χ0) is 7.61. The predicted molar refractivity (Wildman–Crippen MR) is 44.2 cm³/mol. The van der Waals surface area contributed by atoms with Crippen LogP contribution in [-0.2, 0) is 4.84 Å². The lowest BCUT2D eigenvalue weighted by Crippen LogP contribution is -2.21. The second-order valence-corrected chi connectivity index (χ2v) is 3.90. The maximum Gasteiger partial charge on any atom is 0.159 e. The van der Waals surface area contributed by atoms with E-state index in [4.69, 9.17) is 4.84 Å². The fourth-order valence-electron chi connectivity index (χ4n) is 0.908. The molecule has 57 valence electrons. The molecule has 0 amide bonds. The molecular weight excluding hydrogens is 146 g/mol. The normalized spacial score (nSPS) is 31.7. The summed E-state index contributed by atoms with van der Waals surface area (Å²) in [6.07, 6.45) is 2.06. The number of allylic oxidation sites excluding steroid dienone is 1. The minimum Gasteiger partial charge on any atom is -0.270 e. The summed E-state index contributed by atoms with van der Waals surface area (Å²) in [5, 5.41) is 0. The van der Waals surface area contributed by atoms with Gasteiger partial charge in [0.15, 0.2) is 4.93 Å². The Hall–Kier alpha value is -0.150. The summed E-state index contributed by atoms with van der Waals surface area (Å²) < 4.78 is 0. The third-order valence-electron chi connectivity index (χ3n) is 1.28. The first kappa shape index (κ1) is 7.95. The number of hydrogen-bond acceptors (Lipinski definition) is 3. The van der Waals surface area contributed by atoms with Gasteiger partial charge in [0.25, 0.3) is 0 Å². The maximum absolute atomic E-state index is 5.27. The summed E-state index contributed by atoms with van der Waals surface area (Å²) in [5.74, 6) is 0.821. The van der Waals surface area contributed by atoms with E-state index in [1.807, 2.05) is 13.8 Å². The highest BCUT2D eigenvalue weighted by Crippen LogP contribution is 2.31. The molecule has 0 saturated carbocycles. The molecule has 0 aliphatic carbocycles. The van der Waals surface area contributed by atoms with E-state index in [9.17, 15) is 0 Å². The molecule has 0 fully saturated rings. The van der Waals surface area contributed by atoms with Crippen molar-refractivity contribution in [1.29, 1.82) is 0 Å². The van der Waals surface area contributed by atoms with Crippen LogP contribution in [0.15, 0.2) is 11.8 Å². The van der Waals surface area contributed by atoms with Crippen molar-refractivity contribution in [3.8, 4) is 0 Å². The molecule has 1 rings (SSSR count). The van der Waals surface area contributed by atoms with Crippen LogP contribution in [0.3, 0.4) is 0 Å². The number of thioether (sulfide) groups is 1. The van der Waals surface area contributed by atoms with Gasteiger partial charge in [-0.3, -0.25) is 10.3 Å². The highest BCUT2D eigenvalue weighted by Gasteiger charge is 2.27. The Kier molecular flexibility index (Phi) is 2.26. The van der Waals surface area contributed by atoms with Gasteiger partial charge in [0, 0.05) is 5.70 Å². The lowest BCUT2D eigenvalue weighted by molar-refractivity contribution is 0.0314. The van der Waals surface area contributed by atoms with E-state index >= 15 is 0 Å². The smallest absolute Gasteiger partial charge is 0.159 e. The Balaban J connectivity index is 2.54. The Bertz CT molecular complexity index is 158. The van der Waals surface area contributed by atoms with Gasteiger partial charge in [-0.2, -0.15) is 0 Å². The van der Waals surface area contributed by atoms with Gasteiger partial charge in [0.1, 0.15) is 0 Å². The van der Waals surface area contributed by atoms with Gasteiger partial charge in [0.05, 0.1) is 0 Å². The number of hydrogen-bond donors (Lipinski definition) is 1. The van der Waals surface area contributed by atoms with Crippen molar-refractivity contribution in [2.24, 2.45) is 0 Å². The van der Waals surface area contributed by atoms with Crippen molar-refractivity contribution in [3.63, 3.8) is 0 Å². The van der Waals surface area contributed by atoms with E-state index in [1.54, 1.807) is 11.8 Å². The fraction of sp³-hybridized carbons (Fsp3) is 0.571. The van der Waals surface area contributed by atoms with E-state index in [0.717, 1.165) is 11.4 Å². The SMILES string of the molecule is [CH2]CSC1(C)C=C(C)NO1. The molecular formula is C7H12NOS. The number of hydroxylamine groups is 1. The van der Waals surface area contributed by atoms with Crippen LogP contribution in [0.2, 0.25) is 0 Å². The first-order valence-corrected chi connectivity index (χ1v) is 4.21. The topological polar surface area (TPSA) is 21.3 Å². The monoisotopic (exact) mass is 158 g/mol. The van der Waals surface area contributed by atoms with Crippen LogP contribution in [0, 0.1) is 6.92 Å². The van der Waals surface area contributed by atoms with Crippen LogP contribution in [0.1, 0.15) is 13.8 Å². The molecule has 0 aromatic rings. The molecule has 10 heavy (non-hydrogen) atoms. The van der Waals surface area contributed by atoms with Crippen LogP contribution in [0.4, 0.5) is 0 Å². The third-order valence-corrected chi connectivity index (χ3v) is 2.26. The molecule has 0 spiro atoms. The largest absolute Gasteiger partial charge is 0.270 e. The summed E-state index contributed by atoms with van der Waals surface area (Å²) in [6.45, 7) is 7.75. The molecule has 1 unspecified atom stereocenters. The first-order valence-electron chi connectivity index (χ1n) is 3.23. The van der Waals surface area contributed by atoms with E-state index in [-0.39, 0.29) is 4.93 Å². The lowest BCUT2D eigenvalue weighted by atomic mass is 10.3. The molecule has 1 radical (unpaired) electrons. The summed E-state index contributed by atoms with van der Waals surface area (Å²) in [4.78, 5) is 5.07. The van der Waals surface area contributed by atoms with Crippen molar-refractivity contribution in [3.05, 3.63) is 18.7 Å². The number of nitrogens with one attached hydrogen (secondary N) is 1. The minimum atomic E-state index is -0.203. The molecule has 0 aromatic heterocycles. The van der Waals surface area contributed by atoms with Crippen molar-refractivity contribution >= 4 is 11.8 Å². The second kappa shape index (κ2) is 2.84. The fourth-order valence-corrected chi connectivity index (χ4v) is 1.67. The molecule has 1 heterocycles. The van der Waals surface area contributed by atoms with Crippen molar-refractivity contribution < 1.29 is 4.84 Å². The Morgan fingerprint density at radius 1 is 1.90 bits per heavy atom. The zero-order valence-corrected chi connectivity index (χ0v) is 7.12. The van der Waals surface area contributed by atoms with Gasteiger partial charge in [-0.25, -0.2) is 0 Å². The lowest BCUT2D eigenvalue weighted by Gasteiger charge is -2.17. The van der Waals surface area contributed by atoms with Crippen LogP contribution < -0.4 is 5.48 Å². The van der Waals surface area contributed by atoms with Gasteiger partial charge in [0.2, 0.25) is 0 Å². The van der Waals surface area contributed by atoms with E-state index in [0.29, 0.717) is 0 Å². The molecule has 1 atom stereocenters. The standard InChI is InChI=1S/C7H12NOS/c1-4-10-7(3)5-6(2)8-9-7/h5,8H,1,4H2,2-3H3. The van der Waals surface area contributed by atoms with Crippen molar-refractivity contribution in [2.45, 2.75) is 18.8 Å². The third kappa shape index (κ3) is 1.67. The maximum atomic E-state index is 5.27. The van der Waals surface area contributed by atoms with E-state index in [2.05, 4.69) is 18.5 Å². The van der Waals surface area contributed by atoms with Gasteiger partial charge < -0.3 is 0 Å². The van der Waals surface area contributed by atoms with Crippen LogP contribution in [-0.4, -0.2) is 10.7 Å². The van der Waals surface area contributed by atoms with E-state index < -0.39 is 0 Å². The second-order valence-electron chi connectivity index (χ2n) is 2.40. The average Bonchev–Trinajstić information content (AvgIpc) is 2.12. The van der Waals surface area contributed by atoms with Crippen LogP contribution >= 0.6 is 11.8 Å². The Morgan fingerprint density at radius 3 is 3.00 bits per heavy atom. The highest BCUT2D eigenvalue weighted by molar-refractivity contribution is 8.00. The first-order chi connectivity index (χ1) is 4.66. The van der Waals surface area contributed by atoms with Gasteiger partial charge in [-0.15, -0.1) is 11.8 Å². The zero-order valence-electron chi connectivity index (χ0n) is 6.31. The van der Waals surface area contributed by atoms with E-state index in [1.165, 1.54) is 0 Å². The highest BCUT2D eigenvalue weighted by atomic mass is 32.2. The quantitative estimate of drug-likeness (QED) is 0.661. The molecule has 1 aliphatic heterocycles. The molecule has 1 N–H and O–H groups in total. The van der Waals surface area contributed by atoms with Crippen molar-refractivity contribution in [1.82, 2.24) is 5.48 Å². The van der Waals surface area contributed by atoms with Crippen LogP contribution in [0.5, 0.6) is 0 Å². The van der Waals surface area contributed by atoms with Gasteiger partial charge >= 0.3 is 0 Å². The molecule has 0 aromatic carbocycles. The Morgan fingerprint density at radius 2 is 2.60 bits per heavy atom. The van der Waals surface area contributed by atoms with Gasteiger partial charge in [-0.05, 0) is 32.6 Å². The van der Waals surface area contributed by atoms with Crippen molar-refractivity contribution in [2.75, 3.05) is 5.75 Å². The summed E-state index contributed by atoms with van der Waals surface area (Å²) in [7, 11) is 0. The molecule has 0 bridgehead atoms. The summed E-state index contributed by atoms with van der Waals surface area (Å²) >= 11 is 1.67. The van der Waals surface area contributed by atoms with Gasteiger partial charge in [-0.1, -0.05) is 0 Å². The summed E-state index contributed by atoms with van der Waals surface area (Å²) in [6, 6.07) is 0. The minimum absolute atomic E-state index is 0.203. The average molecular weight is 158 g/mol. The van der Waals surface area contributed by atoms with Crippen LogP contribution in [0.25, 0.3) is 0 Å². The predicted octanol–water partition coefficient (Wildman–Crippen LogP) is 1.71. The molecule has 1 aliphatic rings. The molecule has 3 heteroatoms. The Labute approximate surface area is 66.0 Å².